The fourth-order valence-electron chi connectivity index (χ4n) is 3.15. The molecular formula is C23H28N2O4. The van der Waals surface area contributed by atoms with Crippen molar-refractivity contribution in [2.75, 3.05) is 23.4 Å². The van der Waals surface area contributed by atoms with Crippen molar-refractivity contribution in [3.8, 4) is 11.5 Å². The minimum atomic E-state index is -0.960. The van der Waals surface area contributed by atoms with Crippen molar-refractivity contribution in [2.45, 2.75) is 45.6 Å². The number of ether oxygens (including phenoxy) is 2. The highest BCUT2D eigenvalue weighted by Crippen LogP contribution is 2.37. The number of hydrogen-bond donors (Lipinski definition) is 1. The number of rotatable bonds is 8. The molecule has 0 atom stereocenters. The van der Waals surface area contributed by atoms with Crippen molar-refractivity contribution in [3.05, 3.63) is 48.5 Å². The van der Waals surface area contributed by atoms with Crippen LogP contribution in [0.15, 0.2) is 48.5 Å². The zero-order chi connectivity index (χ0) is 20.9. The van der Waals surface area contributed by atoms with Crippen LogP contribution in [0.5, 0.6) is 11.5 Å². The first-order chi connectivity index (χ1) is 13.9. The maximum Gasteiger partial charge on any atom is 0.270 e. The molecule has 154 valence electrons. The molecule has 0 radical (unpaired) electrons. The Hall–Kier alpha value is -3.02. The van der Waals surface area contributed by atoms with Crippen LogP contribution in [0.3, 0.4) is 0 Å². The van der Waals surface area contributed by atoms with E-state index in [9.17, 15) is 9.59 Å². The van der Waals surface area contributed by atoms with Gasteiger partial charge >= 0.3 is 0 Å². The van der Waals surface area contributed by atoms with Crippen molar-refractivity contribution < 1.29 is 19.1 Å². The van der Waals surface area contributed by atoms with Gasteiger partial charge in [-0.05, 0) is 56.7 Å². The minimum absolute atomic E-state index is 0.153. The summed E-state index contributed by atoms with van der Waals surface area (Å²) in [6.45, 7) is 6.57. The van der Waals surface area contributed by atoms with Gasteiger partial charge in [-0.15, -0.1) is 0 Å². The highest BCUT2D eigenvalue weighted by Gasteiger charge is 2.40. The molecule has 1 aliphatic heterocycles. The molecule has 0 saturated carbocycles. The normalized spacial score (nSPS) is 14.7. The number of para-hydroxylation sites is 2. The Balaban J connectivity index is 1.58. The third-order valence-corrected chi connectivity index (χ3v) is 4.75. The summed E-state index contributed by atoms with van der Waals surface area (Å²) in [7, 11) is 0. The summed E-state index contributed by atoms with van der Waals surface area (Å²) in [6, 6.07) is 14.7. The molecule has 29 heavy (non-hydrogen) atoms. The maximum absolute atomic E-state index is 12.8. The van der Waals surface area contributed by atoms with E-state index in [4.69, 9.17) is 9.47 Å². The number of carbonyl (C=O) groups excluding carboxylic acids is 2. The van der Waals surface area contributed by atoms with Crippen LogP contribution < -0.4 is 19.7 Å². The van der Waals surface area contributed by atoms with Gasteiger partial charge in [-0.3, -0.25) is 9.59 Å². The summed E-state index contributed by atoms with van der Waals surface area (Å²) in [5, 5.41) is 2.87. The van der Waals surface area contributed by atoms with Gasteiger partial charge in [0.15, 0.2) is 5.60 Å². The van der Waals surface area contributed by atoms with Gasteiger partial charge in [-0.2, -0.15) is 0 Å². The molecule has 0 fully saturated rings. The number of nitrogens with zero attached hydrogens (tertiary/aromatic N) is 1. The summed E-state index contributed by atoms with van der Waals surface area (Å²) < 4.78 is 11.4. The van der Waals surface area contributed by atoms with Gasteiger partial charge in [-0.1, -0.05) is 25.5 Å². The molecule has 1 aliphatic rings. The first-order valence-electron chi connectivity index (χ1n) is 10.0. The first-order valence-corrected chi connectivity index (χ1v) is 10.0. The Morgan fingerprint density at radius 3 is 2.59 bits per heavy atom. The SMILES string of the molecule is CCCCOc1ccc(NC(=O)CCN2C(=O)C(C)(C)Oc3ccccc32)cc1. The van der Waals surface area contributed by atoms with Gasteiger partial charge in [0.2, 0.25) is 5.91 Å². The number of benzene rings is 2. The molecule has 2 aromatic rings. The summed E-state index contributed by atoms with van der Waals surface area (Å²) >= 11 is 0. The van der Waals surface area contributed by atoms with Crippen LogP contribution in [0.4, 0.5) is 11.4 Å². The summed E-state index contributed by atoms with van der Waals surface area (Å²) in [6.07, 6.45) is 2.28. The highest BCUT2D eigenvalue weighted by molar-refractivity contribution is 6.03. The molecule has 0 spiro atoms. The molecule has 1 N–H and O–H groups in total. The summed E-state index contributed by atoms with van der Waals surface area (Å²) in [5.41, 5.74) is 0.434. The number of amides is 2. The highest BCUT2D eigenvalue weighted by atomic mass is 16.5. The van der Waals surface area contributed by atoms with Gasteiger partial charge in [0.25, 0.3) is 5.91 Å². The van der Waals surface area contributed by atoms with E-state index in [1.54, 1.807) is 18.7 Å². The van der Waals surface area contributed by atoms with Crippen molar-refractivity contribution in [2.24, 2.45) is 0 Å². The maximum atomic E-state index is 12.8. The van der Waals surface area contributed by atoms with Crippen LogP contribution in [0.2, 0.25) is 0 Å². The van der Waals surface area contributed by atoms with Crippen LogP contribution in [0.1, 0.15) is 40.0 Å². The third kappa shape index (κ3) is 5.08. The van der Waals surface area contributed by atoms with Crippen molar-refractivity contribution in [1.82, 2.24) is 0 Å². The van der Waals surface area contributed by atoms with E-state index in [0.717, 1.165) is 18.6 Å². The molecule has 2 aromatic carbocycles. The van der Waals surface area contributed by atoms with Crippen LogP contribution >= 0.6 is 0 Å². The molecule has 6 nitrogen and oxygen atoms in total. The van der Waals surface area contributed by atoms with Gasteiger partial charge in [0.1, 0.15) is 11.5 Å². The van der Waals surface area contributed by atoms with E-state index in [2.05, 4.69) is 12.2 Å². The predicted molar refractivity (Wildman–Crippen MR) is 114 cm³/mol. The smallest absolute Gasteiger partial charge is 0.270 e. The summed E-state index contributed by atoms with van der Waals surface area (Å²) in [4.78, 5) is 26.8. The number of nitrogens with one attached hydrogen (secondary N) is 1. The molecule has 6 heteroatoms. The van der Waals surface area contributed by atoms with Crippen LogP contribution in [-0.4, -0.2) is 30.6 Å². The number of unbranched alkanes of at least 4 members (excludes halogenated alkanes) is 1. The lowest BCUT2D eigenvalue weighted by Crippen LogP contribution is -2.53. The zero-order valence-corrected chi connectivity index (χ0v) is 17.2. The van der Waals surface area contributed by atoms with E-state index >= 15 is 0 Å². The zero-order valence-electron chi connectivity index (χ0n) is 17.2. The largest absolute Gasteiger partial charge is 0.494 e. The van der Waals surface area contributed by atoms with Crippen molar-refractivity contribution in [3.63, 3.8) is 0 Å². The quantitative estimate of drug-likeness (QED) is 0.672. The van der Waals surface area contributed by atoms with E-state index in [1.807, 2.05) is 48.5 Å². The van der Waals surface area contributed by atoms with Gasteiger partial charge in [-0.25, -0.2) is 0 Å². The fraction of sp³-hybridized carbons (Fsp3) is 0.391. The Kier molecular flexibility index (Phi) is 6.42. The Morgan fingerprint density at radius 2 is 1.86 bits per heavy atom. The molecule has 0 unspecified atom stereocenters. The van der Waals surface area contributed by atoms with Gasteiger partial charge in [0.05, 0.1) is 12.3 Å². The van der Waals surface area contributed by atoms with Gasteiger partial charge < -0.3 is 19.7 Å². The van der Waals surface area contributed by atoms with Crippen molar-refractivity contribution >= 4 is 23.2 Å². The van der Waals surface area contributed by atoms with Crippen LogP contribution in [0, 0.1) is 0 Å². The topological polar surface area (TPSA) is 67.9 Å². The second-order valence-corrected chi connectivity index (χ2v) is 7.56. The Labute approximate surface area is 171 Å². The second-order valence-electron chi connectivity index (χ2n) is 7.56. The monoisotopic (exact) mass is 396 g/mol. The van der Waals surface area contributed by atoms with E-state index in [1.165, 1.54) is 0 Å². The second kappa shape index (κ2) is 8.99. The Morgan fingerprint density at radius 1 is 1.14 bits per heavy atom. The van der Waals surface area contributed by atoms with E-state index < -0.39 is 5.60 Å². The molecule has 2 amide bonds. The lowest BCUT2D eigenvalue weighted by atomic mass is 10.0. The third-order valence-electron chi connectivity index (χ3n) is 4.75. The average Bonchev–Trinajstić information content (AvgIpc) is 2.69. The lowest BCUT2D eigenvalue weighted by Gasteiger charge is -2.38. The fourth-order valence-corrected chi connectivity index (χ4v) is 3.15. The van der Waals surface area contributed by atoms with Gasteiger partial charge in [0, 0.05) is 18.7 Å². The average molecular weight is 396 g/mol. The number of fused-ring (bicyclic) bond motifs is 1. The molecule has 0 aromatic heterocycles. The van der Waals surface area contributed by atoms with Crippen LogP contribution in [-0.2, 0) is 9.59 Å². The molecule has 0 saturated heterocycles. The molecule has 0 aliphatic carbocycles. The molecule has 0 bridgehead atoms. The van der Waals surface area contributed by atoms with Crippen molar-refractivity contribution in [1.29, 1.82) is 0 Å². The molecule has 3 rings (SSSR count). The number of carbonyl (C=O) groups is 2. The predicted octanol–water partition coefficient (Wildman–Crippen LogP) is 4.40. The Bertz CT molecular complexity index is 861. The number of anilines is 2. The lowest BCUT2D eigenvalue weighted by molar-refractivity contribution is -0.132. The number of hydrogen-bond acceptors (Lipinski definition) is 4. The standard InChI is InChI=1S/C23H28N2O4/c1-4-5-16-28-18-12-10-17(11-13-18)24-21(26)14-15-25-19-8-6-7-9-20(19)29-23(2,3)22(25)27/h6-13H,4-5,14-16H2,1-3H3,(H,24,26). The minimum Gasteiger partial charge on any atom is -0.494 e. The molecular weight excluding hydrogens is 368 g/mol. The van der Waals surface area contributed by atoms with E-state index in [-0.39, 0.29) is 24.8 Å². The van der Waals surface area contributed by atoms with E-state index in [0.29, 0.717) is 23.7 Å². The first kappa shape index (κ1) is 20.7. The summed E-state index contributed by atoms with van der Waals surface area (Å²) in [5.74, 6) is 1.13. The molecule has 1 heterocycles. The van der Waals surface area contributed by atoms with Crippen LogP contribution in [0.25, 0.3) is 0 Å².